The van der Waals surface area contributed by atoms with E-state index >= 15 is 13.2 Å². The molecule has 0 N–H and O–H groups in total. The molecule has 0 aliphatic carbocycles. The first kappa shape index (κ1) is 40.0. The maximum Gasteiger partial charge on any atom is 0.417 e. The van der Waals surface area contributed by atoms with E-state index in [4.69, 9.17) is 0 Å². The topological polar surface area (TPSA) is 0 Å². The van der Waals surface area contributed by atoms with E-state index in [0.29, 0.717) is 26.8 Å². The van der Waals surface area contributed by atoms with E-state index < -0.39 is 49.0 Å². The van der Waals surface area contributed by atoms with Gasteiger partial charge in [-0.25, -0.2) is 0 Å². The normalized spacial score (nSPS) is 12.9. The molecule has 0 amide bonds. The highest BCUT2D eigenvalue weighted by Gasteiger charge is 2.37. The molecule has 0 aromatic heterocycles. The molecule has 0 aliphatic heterocycles. The van der Waals surface area contributed by atoms with E-state index in [0.717, 1.165) is 46.0 Å². The van der Waals surface area contributed by atoms with E-state index in [9.17, 15) is 26.3 Å². The molecule has 0 aliphatic rings. The van der Waals surface area contributed by atoms with Crippen molar-refractivity contribution in [2.24, 2.45) is 0 Å². The lowest BCUT2D eigenvalue weighted by Gasteiger charge is -2.29. The third-order valence-corrected chi connectivity index (χ3v) is 16.9. The summed E-state index contributed by atoms with van der Waals surface area (Å²) in [6, 6.07) is 32.8. The molecular formula is C44H35F9P2. The molecule has 0 spiro atoms. The van der Waals surface area contributed by atoms with Crippen LogP contribution in [-0.2, 0) is 18.5 Å². The van der Waals surface area contributed by atoms with Gasteiger partial charge in [0.25, 0.3) is 0 Å². The van der Waals surface area contributed by atoms with Crippen molar-refractivity contribution in [3.05, 3.63) is 167 Å². The minimum atomic E-state index is -4.77. The standard InChI is InChI=1S/C44H35F9P2/c1-28-6-14-33(15-7-28)55(5,34-16-8-29(2)9-17-34)38-23-25-40(41(27-38)44(51,52)53)39-24-22-37(26-30(39)3)54(4,35-18-10-31(11-19-35)42(45,46)47)36-20-12-32(13-21-36)43(48,49)50/h6-27H,4-5H2,1-3H3. The second-order valence-corrected chi connectivity index (χ2v) is 19.9. The van der Waals surface area contributed by atoms with Crippen LogP contribution in [-0.4, -0.2) is 12.6 Å². The Balaban J connectivity index is 1.51. The second-order valence-electron chi connectivity index (χ2n) is 13.6. The smallest absolute Gasteiger partial charge is 0.166 e. The minimum Gasteiger partial charge on any atom is -0.166 e. The molecule has 0 radical (unpaired) electrons. The zero-order chi connectivity index (χ0) is 40.1. The molecule has 6 aromatic rings. The fraction of sp³-hybridized carbons (Fsp3) is 0.136. The Hall–Kier alpha value is -4.71. The van der Waals surface area contributed by atoms with Gasteiger partial charge in [0.2, 0.25) is 0 Å². The Kier molecular flexibility index (Phi) is 10.5. The van der Waals surface area contributed by atoms with E-state index in [2.05, 4.69) is 12.6 Å². The van der Waals surface area contributed by atoms with Crippen LogP contribution in [0.4, 0.5) is 39.5 Å². The van der Waals surface area contributed by atoms with Crippen LogP contribution < -0.4 is 31.8 Å². The molecule has 6 aromatic carbocycles. The highest BCUT2D eigenvalue weighted by atomic mass is 31.2. The van der Waals surface area contributed by atoms with E-state index in [1.807, 2.05) is 62.4 Å². The highest BCUT2D eigenvalue weighted by molar-refractivity contribution is 7.93. The van der Waals surface area contributed by atoms with Crippen LogP contribution in [0.5, 0.6) is 0 Å². The van der Waals surface area contributed by atoms with Gasteiger partial charge >= 0.3 is 18.5 Å². The highest BCUT2D eigenvalue weighted by Crippen LogP contribution is 2.47. The number of halogens is 9. The zero-order valence-electron chi connectivity index (χ0n) is 29.9. The third-order valence-electron chi connectivity index (χ3n) is 9.91. The summed E-state index contributed by atoms with van der Waals surface area (Å²) < 4.78 is 126. The SMILES string of the molecule is C=P(c1ccc(C(F)(F)F)cc1)(c1ccc(C(F)(F)F)cc1)c1ccc(-c2ccc(P(=C)(c3ccc(C)cc3)c3ccc(C)cc3)cc2C(F)(F)F)c(C)c1. The predicted octanol–water partition coefficient (Wildman–Crippen LogP) is 10.8. The summed E-state index contributed by atoms with van der Waals surface area (Å²) in [5.41, 5.74) is -0.120. The maximum atomic E-state index is 15.1. The number of hydrogen-bond donors (Lipinski definition) is 0. The summed E-state index contributed by atoms with van der Waals surface area (Å²) in [5.74, 6) is 0. The number of alkyl halides is 9. The first-order valence-electron chi connectivity index (χ1n) is 16.9. The molecule has 0 bridgehead atoms. The quantitative estimate of drug-likeness (QED) is 0.112. The van der Waals surface area contributed by atoms with E-state index in [1.54, 1.807) is 25.1 Å². The van der Waals surface area contributed by atoms with Crippen LogP contribution in [0.15, 0.2) is 133 Å². The monoisotopic (exact) mass is 796 g/mol. The Morgan fingerprint density at radius 2 is 0.673 bits per heavy atom. The van der Waals surface area contributed by atoms with Crippen molar-refractivity contribution in [2.45, 2.75) is 39.3 Å². The van der Waals surface area contributed by atoms with Gasteiger partial charge in [0.15, 0.2) is 0 Å². The fourth-order valence-corrected chi connectivity index (χ4v) is 12.6. The first-order chi connectivity index (χ1) is 25.6. The minimum absolute atomic E-state index is 0.0864. The summed E-state index contributed by atoms with van der Waals surface area (Å²) in [5, 5.41) is 3.19. The van der Waals surface area contributed by atoms with Gasteiger partial charge < -0.3 is 0 Å². The predicted molar refractivity (Wildman–Crippen MR) is 213 cm³/mol. The Morgan fingerprint density at radius 3 is 1.00 bits per heavy atom. The largest absolute Gasteiger partial charge is 0.417 e. The molecule has 0 saturated carbocycles. The maximum absolute atomic E-state index is 15.1. The number of aryl methyl sites for hydroxylation is 3. The zero-order valence-corrected chi connectivity index (χ0v) is 31.7. The van der Waals surface area contributed by atoms with Crippen LogP contribution in [0.25, 0.3) is 11.1 Å². The van der Waals surface area contributed by atoms with Crippen molar-refractivity contribution in [1.29, 1.82) is 0 Å². The van der Waals surface area contributed by atoms with Crippen molar-refractivity contribution >= 4 is 58.2 Å². The average Bonchev–Trinajstić information content (AvgIpc) is 3.13. The number of benzene rings is 6. The van der Waals surface area contributed by atoms with Gasteiger partial charge in [0.05, 0.1) is 16.7 Å². The summed E-state index contributed by atoms with van der Waals surface area (Å²) >= 11 is 0. The Morgan fingerprint density at radius 1 is 0.364 bits per heavy atom. The van der Waals surface area contributed by atoms with Gasteiger partial charge in [-0.1, -0.05) is 127 Å². The van der Waals surface area contributed by atoms with Crippen molar-refractivity contribution in [3.63, 3.8) is 0 Å². The summed E-state index contributed by atoms with van der Waals surface area (Å²) in [4.78, 5) is 0. The summed E-state index contributed by atoms with van der Waals surface area (Å²) in [6.07, 6.45) is -4.96. The molecule has 0 saturated heterocycles. The average molecular weight is 797 g/mol. The van der Waals surface area contributed by atoms with Crippen LogP contribution >= 0.6 is 13.8 Å². The van der Waals surface area contributed by atoms with Crippen molar-refractivity contribution in [1.82, 2.24) is 0 Å². The van der Waals surface area contributed by atoms with Crippen LogP contribution in [0.3, 0.4) is 0 Å². The second kappa shape index (κ2) is 14.4. The molecule has 0 nitrogen and oxygen atoms in total. The van der Waals surface area contributed by atoms with Gasteiger partial charge in [-0.05, 0) is 113 Å². The lowest BCUT2D eigenvalue weighted by atomic mass is 9.96. The Labute approximate surface area is 314 Å². The van der Waals surface area contributed by atoms with Gasteiger partial charge in [0.1, 0.15) is 0 Å². The van der Waals surface area contributed by atoms with E-state index in [1.165, 1.54) is 42.5 Å². The summed E-state index contributed by atoms with van der Waals surface area (Å²) in [7, 11) is 0. The Bertz CT molecular complexity index is 2330. The molecule has 11 heteroatoms. The fourth-order valence-electron chi connectivity index (χ4n) is 6.73. The van der Waals surface area contributed by atoms with Gasteiger partial charge in [0, 0.05) is 0 Å². The third kappa shape index (κ3) is 7.75. The number of hydrogen-bond acceptors (Lipinski definition) is 0. The van der Waals surface area contributed by atoms with Crippen LogP contribution in [0.1, 0.15) is 33.4 Å². The number of rotatable bonds is 7. The van der Waals surface area contributed by atoms with Gasteiger partial charge in [-0.15, -0.1) is 0 Å². The molecule has 0 heterocycles. The molecule has 0 atom stereocenters. The lowest BCUT2D eigenvalue weighted by molar-refractivity contribution is -0.138. The van der Waals surface area contributed by atoms with E-state index in [-0.39, 0.29) is 11.1 Å². The molecule has 0 fully saturated rings. The van der Waals surface area contributed by atoms with Crippen molar-refractivity contribution < 1.29 is 39.5 Å². The van der Waals surface area contributed by atoms with Crippen molar-refractivity contribution in [2.75, 3.05) is 0 Å². The first-order valence-corrected chi connectivity index (χ1v) is 20.9. The van der Waals surface area contributed by atoms with Crippen LogP contribution in [0, 0.1) is 20.8 Å². The molecule has 0 unspecified atom stereocenters. The van der Waals surface area contributed by atoms with Crippen molar-refractivity contribution in [3.8, 4) is 11.1 Å². The van der Waals surface area contributed by atoms with Gasteiger partial charge in [-0.3, -0.25) is 0 Å². The lowest BCUT2D eigenvalue weighted by Crippen LogP contribution is -2.27. The summed E-state index contributed by atoms with van der Waals surface area (Å²) in [6.45, 7) is -0.503. The van der Waals surface area contributed by atoms with Gasteiger partial charge in [-0.2, -0.15) is 39.5 Å². The molecular weight excluding hydrogens is 761 g/mol. The molecule has 55 heavy (non-hydrogen) atoms. The molecule has 6 rings (SSSR count). The molecule has 284 valence electrons. The van der Waals surface area contributed by atoms with Crippen LogP contribution in [0.2, 0.25) is 0 Å².